The predicted molar refractivity (Wildman–Crippen MR) is 145 cm³/mol. The van der Waals surface area contributed by atoms with Crippen molar-refractivity contribution in [3.63, 3.8) is 0 Å². The Bertz CT molecular complexity index is 980. The molecule has 2 aliphatic rings. The van der Waals surface area contributed by atoms with E-state index in [1.54, 1.807) is 0 Å². The highest BCUT2D eigenvalue weighted by Gasteiger charge is 2.32. The van der Waals surface area contributed by atoms with Gasteiger partial charge in [-0.25, -0.2) is 4.79 Å². The zero-order chi connectivity index (χ0) is 26.2. The van der Waals surface area contributed by atoms with Gasteiger partial charge in [0.05, 0.1) is 17.7 Å². The van der Waals surface area contributed by atoms with Crippen LogP contribution in [0.15, 0.2) is 11.1 Å². The Morgan fingerprint density at radius 1 is 1.11 bits per heavy atom. The Labute approximate surface area is 217 Å². The maximum atomic E-state index is 12.6. The number of hydrogen-bond acceptors (Lipinski definition) is 6. The van der Waals surface area contributed by atoms with Gasteiger partial charge in [0.1, 0.15) is 13.2 Å². The molecule has 0 radical (unpaired) electrons. The van der Waals surface area contributed by atoms with E-state index in [-0.39, 0.29) is 17.9 Å². The van der Waals surface area contributed by atoms with E-state index in [1.807, 2.05) is 19.0 Å². The summed E-state index contributed by atoms with van der Waals surface area (Å²) in [5.74, 6) is -0.158. The van der Waals surface area contributed by atoms with Crippen molar-refractivity contribution in [2.24, 2.45) is 5.92 Å². The molecule has 3 rings (SSSR count). The topological polar surface area (TPSA) is 81.9 Å². The zero-order valence-electron chi connectivity index (χ0n) is 23.1. The summed E-state index contributed by atoms with van der Waals surface area (Å²) in [6.07, 6.45) is 10.9. The summed E-state index contributed by atoms with van der Waals surface area (Å²) >= 11 is 0. The lowest BCUT2D eigenvalue weighted by Crippen LogP contribution is -2.21. The lowest BCUT2D eigenvalue weighted by Gasteiger charge is -2.20. The van der Waals surface area contributed by atoms with Crippen LogP contribution >= 0.6 is 0 Å². The fraction of sp³-hybridized carbons (Fsp3) is 0.667. The number of ether oxygens (including phenoxy) is 2. The molecule has 1 aromatic carbocycles. The van der Waals surface area contributed by atoms with E-state index in [2.05, 4.69) is 20.8 Å². The Hall–Kier alpha value is -2.34. The van der Waals surface area contributed by atoms with Crippen molar-refractivity contribution in [3.8, 4) is 0 Å². The van der Waals surface area contributed by atoms with Gasteiger partial charge < -0.3 is 20.1 Å². The van der Waals surface area contributed by atoms with Crippen molar-refractivity contribution in [2.75, 3.05) is 33.0 Å². The molecule has 0 bridgehead atoms. The molecule has 1 atom stereocenters. The summed E-state index contributed by atoms with van der Waals surface area (Å²) in [7, 11) is 3.96. The predicted octanol–water partition coefficient (Wildman–Crippen LogP) is 5.91. The van der Waals surface area contributed by atoms with Gasteiger partial charge in [-0.1, -0.05) is 50.7 Å². The third-order valence-corrected chi connectivity index (χ3v) is 7.86. The van der Waals surface area contributed by atoms with E-state index < -0.39 is 0 Å². The van der Waals surface area contributed by atoms with E-state index in [0.717, 1.165) is 68.2 Å². The average molecular weight is 499 g/mol. The molecule has 1 aliphatic heterocycles. The van der Waals surface area contributed by atoms with Crippen molar-refractivity contribution in [3.05, 3.63) is 39.0 Å². The minimum absolute atomic E-state index is 0.100. The minimum Gasteiger partial charge on any atom is -0.464 e. The molecule has 0 saturated carbocycles. The normalized spacial score (nSPS) is 17.2. The molecule has 1 heterocycles. The van der Waals surface area contributed by atoms with Crippen LogP contribution in [0.4, 0.5) is 5.69 Å². The van der Waals surface area contributed by atoms with Gasteiger partial charge in [0, 0.05) is 12.1 Å². The third-order valence-electron chi connectivity index (χ3n) is 7.86. The van der Waals surface area contributed by atoms with E-state index in [1.165, 1.54) is 36.0 Å². The lowest BCUT2D eigenvalue weighted by atomic mass is 9.85. The first-order valence-corrected chi connectivity index (χ1v) is 13.9. The second-order valence-corrected chi connectivity index (χ2v) is 10.8. The second kappa shape index (κ2) is 13.3. The van der Waals surface area contributed by atoms with Crippen LogP contribution in [0, 0.1) is 12.8 Å². The fourth-order valence-corrected chi connectivity index (χ4v) is 5.82. The quantitative estimate of drug-likeness (QED) is 0.148. The number of carbonyl (C=O) groups is 2. The summed E-state index contributed by atoms with van der Waals surface area (Å²) in [6, 6.07) is 0. The highest BCUT2D eigenvalue weighted by Crippen LogP contribution is 2.42. The van der Waals surface area contributed by atoms with Crippen molar-refractivity contribution in [1.29, 1.82) is 0 Å². The van der Waals surface area contributed by atoms with Gasteiger partial charge in [-0.05, 0) is 82.2 Å². The number of benzene rings is 1. The van der Waals surface area contributed by atoms with E-state index in [4.69, 9.17) is 15.2 Å². The van der Waals surface area contributed by atoms with Gasteiger partial charge in [0.2, 0.25) is 0 Å². The molecule has 1 unspecified atom stereocenters. The van der Waals surface area contributed by atoms with Gasteiger partial charge in [-0.2, -0.15) is 0 Å². The Morgan fingerprint density at radius 2 is 1.89 bits per heavy atom. The van der Waals surface area contributed by atoms with Crippen LogP contribution in [-0.2, 0) is 33.7 Å². The molecule has 36 heavy (non-hydrogen) atoms. The third kappa shape index (κ3) is 6.70. The minimum atomic E-state index is -0.298. The highest BCUT2D eigenvalue weighted by atomic mass is 16.5. The van der Waals surface area contributed by atoms with Crippen LogP contribution in [0.3, 0.4) is 0 Å². The number of unbranched alkanes of at least 4 members (excludes halogenated alkanes) is 3. The Kier molecular flexibility index (Phi) is 10.4. The Morgan fingerprint density at radius 3 is 2.58 bits per heavy atom. The zero-order valence-corrected chi connectivity index (χ0v) is 23.1. The first-order valence-electron chi connectivity index (χ1n) is 13.9. The van der Waals surface area contributed by atoms with Crippen molar-refractivity contribution < 1.29 is 19.1 Å². The largest absolute Gasteiger partial charge is 0.464 e. The molecular weight excluding hydrogens is 452 g/mol. The SMILES string of the molecule is CCCCCCC1=C(Cc2c(N)c3c(c(C)c2CCC)COC3=O)CCC1CC(=O)OCCN(C)C. The molecule has 0 aromatic heterocycles. The first-order chi connectivity index (χ1) is 17.3. The summed E-state index contributed by atoms with van der Waals surface area (Å²) in [4.78, 5) is 27.2. The second-order valence-electron chi connectivity index (χ2n) is 10.8. The summed E-state index contributed by atoms with van der Waals surface area (Å²) in [5.41, 5.74) is 15.2. The van der Waals surface area contributed by atoms with Crippen molar-refractivity contribution >= 4 is 17.6 Å². The standard InChI is InChI=1S/C30H46N2O4/c1-6-8-9-10-12-24-21(13-14-22(24)18-27(33)35-16-15-32(4)5)17-25-23(11-7-2)20(3)26-19-36-30(34)28(26)29(25)31/h22H,6-19,31H2,1-5H3. The van der Waals surface area contributed by atoms with Gasteiger partial charge in [-0.3, -0.25) is 4.79 Å². The monoisotopic (exact) mass is 498 g/mol. The Balaban J connectivity index is 1.89. The van der Waals surface area contributed by atoms with Crippen molar-refractivity contribution in [1.82, 2.24) is 4.90 Å². The van der Waals surface area contributed by atoms with Gasteiger partial charge in [-0.15, -0.1) is 0 Å². The molecular formula is C30H46N2O4. The van der Waals surface area contributed by atoms with Gasteiger partial charge in [0.15, 0.2) is 0 Å². The number of anilines is 1. The first kappa shape index (κ1) is 28.2. The smallest absolute Gasteiger partial charge is 0.341 e. The molecule has 0 spiro atoms. The number of carbonyl (C=O) groups excluding carboxylic acids is 2. The molecule has 0 saturated heterocycles. The molecule has 200 valence electrons. The van der Waals surface area contributed by atoms with Gasteiger partial charge >= 0.3 is 11.9 Å². The fourth-order valence-electron chi connectivity index (χ4n) is 5.82. The molecule has 6 heteroatoms. The van der Waals surface area contributed by atoms with Crippen LogP contribution in [-0.4, -0.2) is 44.1 Å². The van der Waals surface area contributed by atoms with E-state index in [0.29, 0.717) is 30.9 Å². The van der Waals surface area contributed by atoms with Crippen LogP contribution < -0.4 is 5.73 Å². The lowest BCUT2D eigenvalue weighted by molar-refractivity contribution is -0.144. The number of nitrogen functional groups attached to an aromatic ring is 1. The number of nitrogens with two attached hydrogens (primary N) is 1. The van der Waals surface area contributed by atoms with E-state index in [9.17, 15) is 9.59 Å². The maximum Gasteiger partial charge on any atom is 0.341 e. The number of cyclic esters (lactones) is 1. The number of nitrogens with zero attached hydrogens (tertiary/aromatic N) is 1. The van der Waals surface area contributed by atoms with Crippen LogP contribution in [0.25, 0.3) is 0 Å². The van der Waals surface area contributed by atoms with E-state index >= 15 is 0 Å². The molecule has 2 N–H and O–H groups in total. The van der Waals surface area contributed by atoms with Crippen LogP contribution in [0.5, 0.6) is 0 Å². The molecule has 1 aromatic rings. The molecule has 0 amide bonds. The van der Waals surface area contributed by atoms with Gasteiger partial charge in [0.25, 0.3) is 0 Å². The van der Waals surface area contributed by atoms with Crippen LogP contribution in [0.2, 0.25) is 0 Å². The summed E-state index contributed by atoms with van der Waals surface area (Å²) < 4.78 is 10.9. The highest BCUT2D eigenvalue weighted by molar-refractivity contribution is 6.00. The molecule has 6 nitrogen and oxygen atoms in total. The number of fused-ring (bicyclic) bond motifs is 1. The number of allylic oxidation sites excluding steroid dienone is 2. The van der Waals surface area contributed by atoms with Crippen LogP contribution in [0.1, 0.15) is 104 Å². The molecule has 1 aliphatic carbocycles. The number of rotatable bonds is 14. The van der Waals surface area contributed by atoms with Crippen molar-refractivity contribution in [2.45, 2.75) is 98.0 Å². The summed E-state index contributed by atoms with van der Waals surface area (Å²) in [6.45, 7) is 8.01. The number of hydrogen-bond donors (Lipinski definition) is 1. The number of likely N-dealkylation sites (N-methyl/N-ethyl adjacent to an activating group) is 1. The summed E-state index contributed by atoms with van der Waals surface area (Å²) in [5, 5.41) is 0. The molecule has 0 fully saturated rings. The maximum absolute atomic E-state index is 12.6. The average Bonchev–Trinajstić information content (AvgIpc) is 3.40. The number of esters is 2.